The van der Waals surface area contributed by atoms with E-state index in [2.05, 4.69) is 45.1 Å². The first-order valence-corrected chi connectivity index (χ1v) is 8.86. The second-order valence-electron chi connectivity index (χ2n) is 7.06. The molecule has 1 aromatic rings. The van der Waals surface area contributed by atoms with Gasteiger partial charge in [-0.15, -0.1) is 0 Å². The van der Waals surface area contributed by atoms with E-state index in [4.69, 9.17) is 11.6 Å². The second-order valence-corrected chi connectivity index (χ2v) is 7.47. The van der Waals surface area contributed by atoms with Crippen LogP contribution in [0.4, 0.5) is 0 Å². The van der Waals surface area contributed by atoms with Crippen LogP contribution in [0.5, 0.6) is 0 Å². The molecule has 1 atom stereocenters. The molecule has 0 radical (unpaired) electrons. The fourth-order valence-electron chi connectivity index (χ4n) is 3.69. The van der Waals surface area contributed by atoms with E-state index in [0.29, 0.717) is 11.5 Å². The summed E-state index contributed by atoms with van der Waals surface area (Å²) < 4.78 is 0. The lowest BCUT2D eigenvalue weighted by atomic mass is 9.68. The fraction of sp³-hybridized carbons (Fsp3) is 0.684. The third kappa shape index (κ3) is 3.81. The number of halogens is 1. The Morgan fingerprint density at radius 1 is 1.14 bits per heavy atom. The van der Waals surface area contributed by atoms with Gasteiger partial charge in [-0.05, 0) is 67.8 Å². The van der Waals surface area contributed by atoms with Crippen molar-refractivity contribution in [2.24, 2.45) is 5.41 Å². The van der Waals surface area contributed by atoms with E-state index in [9.17, 15) is 0 Å². The molecule has 0 bridgehead atoms. The maximum absolute atomic E-state index is 6.62. The average molecular weight is 308 g/mol. The molecule has 1 saturated carbocycles. The van der Waals surface area contributed by atoms with Crippen LogP contribution in [0.2, 0.25) is 5.02 Å². The van der Waals surface area contributed by atoms with Crippen LogP contribution in [0, 0.1) is 19.3 Å². The number of hydrogen-bond donors (Lipinski definition) is 1. The molecule has 118 valence electrons. The highest BCUT2D eigenvalue weighted by molar-refractivity contribution is 6.31. The Morgan fingerprint density at radius 2 is 1.76 bits per heavy atom. The molecule has 1 fully saturated rings. The largest absolute Gasteiger partial charge is 0.309 e. The van der Waals surface area contributed by atoms with Crippen molar-refractivity contribution >= 4 is 11.6 Å². The predicted molar refractivity (Wildman–Crippen MR) is 93.2 cm³/mol. The SMILES string of the molecule is CCCNC(c1cc(C)c(C)cc1Cl)C1(C)CCCCC1. The number of benzene rings is 1. The first kappa shape index (κ1) is 16.8. The Balaban J connectivity index is 2.37. The first-order valence-electron chi connectivity index (χ1n) is 8.48. The molecule has 1 aliphatic carbocycles. The monoisotopic (exact) mass is 307 g/mol. The van der Waals surface area contributed by atoms with Gasteiger partial charge in [0.15, 0.2) is 0 Å². The van der Waals surface area contributed by atoms with Gasteiger partial charge in [0, 0.05) is 11.1 Å². The summed E-state index contributed by atoms with van der Waals surface area (Å²) in [6.45, 7) is 10.1. The van der Waals surface area contributed by atoms with Gasteiger partial charge in [-0.25, -0.2) is 0 Å². The summed E-state index contributed by atoms with van der Waals surface area (Å²) in [5.41, 5.74) is 4.26. The topological polar surface area (TPSA) is 12.0 Å². The van der Waals surface area contributed by atoms with Gasteiger partial charge in [0.2, 0.25) is 0 Å². The van der Waals surface area contributed by atoms with Crippen LogP contribution in [-0.4, -0.2) is 6.54 Å². The number of rotatable bonds is 5. The molecule has 1 aromatic carbocycles. The molecule has 0 spiro atoms. The zero-order chi connectivity index (χ0) is 15.5. The van der Waals surface area contributed by atoms with Gasteiger partial charge in [0.05, 0.1) is 0 Å². The van der Waals surface area contributed by atoms with Crippen molar-refractivity contribution in [3.05, 3.63) is 33.8 Å². The first-order chi connectivity index (χ1) is 9.98. The second kappa shape index (κ2) is 7.15. The highest BCUT2D eigenvalue weighted by atomic mass is 35.5. The van der Waals surface area contributed by atoms with E-state index >= 15 is 0 Å². The molecule has 1 unspecified atom stereocenters. The van der Waals surface area contributed by atoms with Gasteiger partial charge in [-0.3, -0.25) is 0 Å². The van der Waals surface area contributed by atoms with Gasteiger partial charge in [0.1, 0.15) is 0 Å². The zero-order valence-electron chi connectivity index (χ0n) is 14.1. The quantitative estimate of drug-likeness (QED) is 0.707. The molecular formula is C19H30ClN. The van der Waals surface area contributed by atoms with Crippen LogP contribution >= 0.6 is 11.6 Å². The maximum Gasteiger partial charge on any atom is 0.0456 e. The normalized spacial score (nSPS) is 19.5. The molecule has 0 aliphatic heterocycles. The zero-order valence-corrected chi connectivity index (χ0v) is 14.8. The molecule has 0 amide bonds. The molecule has 0 heterocycles. The molecule has 1 nitrogen and oxygen atoms in total. The number of nitrogens with one attached hydrogen (secondary N) is 1. The fourth-order valence-corrected chi connectivity index (χ4v) is 4.02. The molecule has 2 rings (SSSR count). The van der Waals surface area contributed by atoms with Crippen LogP contribution in [0.25, 0.3) is 0 Å². The molecular weight excluding hydrogens is 278 g/mol. The standard InChI is InChI=1S/C19H30ClN/c1-5-11-21-18(19(4)9-7-6-8-10-19)16-12-14(2)15(3)13-17(16)20/h12-13,18,21H,5-11H2,1-4H3. The lowest BCUT2D eigenvalue weighted by Gasteiger charge is -2.42. The van der Waals surface area contributed by atoms with E-state index in [1.54, 1.807) is 0 Å². The molecule has 1 aliphatic rings. The summed E-state index contributed by atoms with van der Waals surface area (Å²) in [6, 6.07) is 4.83. The highest BCUT2D eigenvalue weighted by Crippen LogP contribution is 2.47. The lowest BCUT2D eigenvalue weighted by Crippen LogP contribution is -2.38. The van der Waals surface area contributed by atoms with E-state index in [0.717, 1.165) is 18.0 Å². The van der Waals surface area contributed by atoms with Crippen LogP contribution in [0.15, 0.2) is 12.1 Å². The number of hydrogen-bond acceptors (Lipinski definition) is 1. The maximum atomic E-state index is 6.62. The van der Waals surface area contributed by atoms with E-state index < -0.39 is 0 Å². The Bertz CT molecular complexity index is 475. The van der Waals surface area contributed by atoms with Gasteiger partial charge in [-0.2, -0.15) is 0 Å². The minimum atomic E-state index is 0.332. The Hall–Kier alpha value is -0.530. The van der Waals surface area contributed by atoms with Crippen molar-refractivity contribution in [3.63, 3.8) is 0 Å². The summed E-state index contributed by atoms with van der Waals surface area (Å²) in [4.78, 5) is 0. The third-order valence-electron chi connectivity index (χ3n) is 5.22. The Labute approximate surface area is 135 Å². The van der Waals surface area contributed by atoms with E-state index in [1.807, 2.05) is 0 Å². The van der Waals surface area contributed by atoms with Crippen molar-refractivity contribution in [2.45, 2.75) is 72.3 Å². The smallest absolute Gasteiger partial charge is 0.0456 e. The third-order valence-corrected chi connectivity index (χ3v) is 5.54. The molecule has 21 heavy (non-hydrogen) atoms. The molecule has 1 N–H and O–H groups in total. The number of aryl methyl sites for hydroxylation is 2. The lowest BCUT2D eigenvalue weighted by molar-refractivity contribution is 0.145. The van der Waals surface area contributed by atoms with Gasteiger partial charge in [-0.1, -0.05) is 50.8 Å². The van der Waals surface area contributed by atoms with Crippen molar-refractivity contribution < 1.29 is 0 Å². The minimum Gasteiger partial charge on any atom is -0.309 e. The van der Waals surface area contributed by atoms with E-state index in [-0.39, 0.29) is 0 Å². The van der Waals surface area contributed by atoms with Crippen LogP contribution in [0.1, 0.15) is 75.1 Å². The van der Waals surface area contributed by atoms with Gasteiger partial charge in [0.25, 0.3) is 0 Å². The predicted octanol–water partition coefficient (Wildman–Crippen LogP) is 5.97. The average Bonchev–Trinajstić information content (AvgIpc) is 2.45. The van der Waals surface area contributed by atoms with Crippen molar-refractivity contribution in [3.8, 4) is 0 Å². The van der Waals surface area contributed by atoms with Crippen LogP contribution < -0.4 is 5.32 Å². The Kier molecular flexibility index (Phi) is 5.73. The van der Waals surface area contributed by atoms with Crippen molar-refractivity contribution in [1.82, 2.24) is 5.32 Å². The molecule has 0 aromatic heterocycles. The summed E-state index contributed by atoms with van der Waals surface area (Å²) >= 11 is 6.62. The van der Waals surface area contributed by atoms with Crippen LogP contribution in [-0.2, 0) is 0 Å². The van der Waals surface area contributed by atoms with Gasteiger partial charge < -0.3 is 5.32 Å². The molecule has 2 heteroatoms. The van der Waals surface area contributed by atoms with E-state index in [1.165, 1.54) is 48.8 Å². The Morgan fingerprint density at radius 3 is 2.38 bits per heavy atom. The van der Waals surface area contributed by atoms with Crippen molar-refractivity contribution in [1.29, 1.82) is 0 Å². The van der Waals surface area contributed by atoms with Crippen LogP contribution in [0.3, 0.4) is 0 Å². The van der Waals surface area contributed by atoms with Crippen molar-refractivity contribution in [2.75, 3.05) is 6.54 Å². The summed E-state index contributed by atoms with van der Waals surface area (Å²) in [7, 11) is 0. The summed E-state index contributed by atoms with van der Waals surface area (Å²) in [5, 5.41) is 4.73. The minimum absolute atomic E-state index is 0.332. The summed E-state index contributed by atoms with van der Waals surface area (Å²) in [6.07, 6.45) is 7.85. The molecule has 0 saturated heterocycles. The van der Waals surface area contributed by atoms with Gasteiger partial charge >= 0.3 is 0 Å². The highest BCUT2D eigenvalue weighted by Gasteiger charge is 2.37. The summed E-state index contributed by atoms with van der Waals surface area (Å²) in [5.74, 6) is 0.